The van der Waals surface area contributed by atoms with Crippen molar-refractivity contribution in [2.24, 2.45) is 7.05 Å². The lowest BCUT2D eigenvalue weighted by Gasteiger charge is -2.19. The summed E-state index contributed by atoms with van der Waals surface area (Å²) in [7, 11) is 5.45. The second kappa shape index (κ2) is 7.28. The number of anilines is 1. The van der Waals surface area contributed by atoms with E-state index in [0.29, 0.717) is 5.92 Å². The van der Waals surface area contributed by atoms with Crippen LogP contribution in [0, 0.1) is 0 Å². The highest BCUT2D eigenvalue weighted by Crippen LogP contribution is 2.46. The Morgan fingerprint density at radius 1 is 1.21 bits per heavy atom. The molecule has 0 atom stereocenters. The highest BCUT2D eigenvalue weighted by atomic mass is 127. The zero-order chi connectivity index (χ0) is 19.4. The molecule has 0 spiro atoms. The second-order valence-electron chi connectivity index (χ2n) is 7.62. The van der Waals surface area contributed by atoms with Gasteiger partial charge >= 0.3 is 0 Å². The van der Waals surface area contributed by atoms with Crippen LogP contribution in [0.5, 0.6) is 0 Å². The smallest absolute Gasteiger partial charge is 0.275 e. The summed E-state index contributed by atoms with van der Waals surface area (Å²) in [4.78, 5) is 17.9. The van der Waals surface area contributed by atoms with E-state index in [1.54, 1.807) is 4.57 Å². The van der Waals surface area contributed by atoms with Crippen LogP contribution in [0.3, 0.4) is 0 Å². The van der Waals surface area contributed by atoms with Gasteiger partial charge in [-0.05, 0) is 61.2 Å². The molecule has 146 valence electrons. The molecule has 0 N–H and O–H groups in total. The standard InChI is InChI=1S/C20H21IN4OS2/c1-23-11-16(15-9-10-25(28-21)19(15)20(23)26)18-14(12-3-4-12)7-8-17(22-18)24(2)27-13-5-6-13/h7-13H,3-6H2,1-2H3. The molecule has 0 radical (unpaired) electrons. The highest BCUT2D eigenvalue weighted by molar-refractivity contribution is 14.2. The molecule has 0 aliphatic heterocycles. The Kier molecular flexibility index (Phi) is 4.91. The normalized spacial score (nSPS) is 16.7. The lowest BCUT2D eigenvalue weighted by atomic mass is 10.0. The minimum absolute atomic E-state index is 0.0263. The van der Waals surface area contributed by atoms with Crippen molar-refractivity contribution >= 4 is 59.0 Å². The van der Waals surface area contributed by atoms with Crippen LogP contribution in [-0.4, -0.2) is 25.8 Å². The predicted octanol–water partition coefficient (Wildman–Crippen LogP) is 5.37. The first-order valence-corrected chi connectivity index (χ1v) is 13.6. The quantitative estimate of drug-likeness (QED) is 0.321. The summed E-state index contributed by atoms with van der Waals surface area (Å²) in [6.45, 7) is 0. The SMILES string of the molecule is CN(SC1CC1)c1ccc(C2CC2)c(-c2cn(C)c(=O)c3c2ccn3SI)n1. The van der Waals surface area contributed by atoms with Crippen molar-refractivity contribution in [1.29, 1.82) is 0 Å². The zero-order valence-corrected chi connectivity index (χ0v) is 19.6. The second-order valence-corrected chi connectivity index (χ2v) is 10.8. The molecule has 3 aromatic heterocycles. The molecular formula is C20H21IN4OS2. The summed E-state index contributed by atoms with van der Waals surface area (Å²) < 4.78 is 5.83. The van der Waals surface area contributed by atoms with Gasteiger partial charge < -0.3 is 8.87 Å². The fourth-order valence-electron chi connectivity index (χ4n) is 3.60. The monoisotopic (exact) mass is 524 g/mol. The number of aromatic nitrogens is 3. The van der Waals surface area contributed by atoms with Crippen LogP contribution in [0.1, 0.15) is 37.2 Å². The molecule has 0 unspecified atom stereocenters. The Morgan fingerprint density at radius 3 is 2.68 bits per heavy atom. The van der Waals surface area contributed by atoms with Crippen molar-refractivity contribution in [2.75, 3.05) is 11.4 Å². The Balaban J connectivity index is 1.70. The van der Waals surface area contributed by atoms with Crippen LogP contribution >= 0.6 is 42.3 Å². The Bertz CT molecular complexity index is 1120. The number of halogens is 1. The number of aryl methyl sites for hydroxylation is 1. The fraction of sp³-hybridized carbons (Fsp3) is 0.400. The average molecular weight is 524 g/mol. The van der Waals surface area contributed by atoms with E-state index in [1.165, 1.54) is 40.4 Å². The largest absolute Gasteiger partial charge is 0.316 e. The molecule has 2 aliphatic carbocycles. The molecule has 2 saturated carbocycles. The van der Waals surface area contributed by atoms with Crippen molar-refractivity contribution in [3.05, 3.63) is 46.5 Å². The predicted molar refractivity (Wildman–Crippen MR) is 128 cm³/mol. The van der Waals surface area contributed by atoms with E-state index in [4.69, 9.17) is 4.98 Å². The van der Waals surface area contributed by atoms with Gasteiger partial charge in [-0.15, -0.1) is 0 Å². The first kappa shape index (κ1) is 18.9. The lowest BCUT2D eigenvalue weighted by molar-refractivity contribution is 0.869. The summed E-state index contributed by atoms with van der Waals surface area (Å²) in [5.41, 5.74) is 4.14. The molecule has 5 nitrogen and oxygen atoms in total. The van der Waals surface area contributed by atoms with Gasteiger partial charge in [0.1, 0.15) is 11.3 Å². The summed E-state index contributed by atoms with van der Waals surface area (Å²) in [5.74, 6) is 1.58. The van der Waals surface area contributed by atoms with E-state index < -0.39 is 0 Å². The molecule has 28 heavy (non-hydrogen) atoms. The minimum Gasteiger partial charge on any atom is -0.316 e. The molecular weight excluding hydrogens is 503 g/mol. The summed E-state index contributed by atoms with van der Waals surface area (Å²) >= 11 is 4.09. The molecule has 2 aliphatic rings. The van der Waals surface area contributed by atoms with Gasteiger partial charge in [-0.2, -0.15) is 0 Å². The van der Waals surface area contributed by atoms with E-state index in [9.17, 15) is 4.79 Å². The van der Waals surface area contributed by atoms with Gasteiger partial charge in [-0.25, -0.2) is 4.98 Å². The molecule has 8 heteroatoms. The Hall–Kier alpha value is -1.13. The number of hydrogen-bond donors (Lipinski definition) is 0. The maximum absolute atomic E-state index is 12.8. The fourth-order valence-corrected chi connectivity index (χ4v) is 5.94. The summed E-state index contributed by atoms with van der Waals surface area (Å²) in [5, 5.41) is 1.72. The number of fused-ring (bicyclic) bond motifs is 1. The number of pyridine rings is 2. The Labute approximate surface area is 184 Å². The molecule has 2 fully saturated rings. The summed E-state index contributed by atoms with van der Waals surface area (Å²) in [6.07, 6.45) is 8.97. The Morgan fingerprint density at radius 2 is 2.00 bits per heavy atom. The van der Waals surface area contributed by atoms with Crippen LogP contribution in [-0.2, 0) is 7.05 Å². The van der Waals surface area contributed by atoms with Crippen LogP contribution in [0.25, 0.3) is 22.2 Å². The van der Waals surface area contributed by atoms with Gasteiger partial charge in [0.25, 0.3) is 5.56 Å². The third kappa shape index (κ3) is 3.37. The molecule has 0 bridgehead atoms. The maximum Gasteiger partial charge on any atom is 0.275 e. The lowest BCUT2D eigenvalue weighted by Crippen LogP contribution is -2.18. The van der Waals surface area contributed by atoms with E-state index >= 15 is 0 Å². The van der Waals surface area contributed by atoms with Crippen LogP contribution in [0.2, 0.25) is 0 Å². The van der Waals surface area contributed by atoms with Crippen molar-refractivity contribution in [3.63, 3.8) is 0 Å². The first-order valence-electron chi connectivity index (χ1n) is 9.48. The van der Waals surface area contributed by atoms with Crippen molar-refractivity contribution in [1.82, 2.24) is 13.5 Å². The van der Waals surface area contributed by atoms with Crippen LogP contribution < -0.4 is 9.86 Å². The number of nitrogens with zero attached hydrogens (tertiary/aromatic N) is 4. The zero-order valence-electron chi connectivity index (χ0n) is 15.8. The summed E-state index contributed by atoms with van der Waals surface area (Å²) in [6, 6.07) is 6.45. The highest BCUT2D eigenvalue weighted by Gasteiger charge is 2.30. The molecule has 3 heterocycles. The third-order valence-corrected chi connectivity index (χ3v) is 8.40. The maximum atomic E-state index is 12.8. The van der Waals surface area contributed by atoms with Crippen molar-refractivity contribution in [2.45, 2.75) is 36.9 Å². The van der Waals surface area contributed by atoms with Crippen LogP contribution in [0.15, 0.2) is 35.4 Å². The molecule has 5 rings (SSSR count). The number of rotatable bonds is 6. The van der Waals surface area contributed by atoms with Crippen molar-refractivity contribution in [3.8, 4) is 11.3 Å². The molecule has 3 aromatic rings. The number of hydrogen-bond acceptors (Lipinski definition) is 5. The molecule has 0 aromatic carbocycles. The van der Waals surface area contributed by atoms with E-state index in [1.807, 2.05) is 41.4 Å². The van der Waals surface area contributed by atoms with E-state index in [-0.39, 0.29) is 5.56 Å². The van der Waals surface area contributed by atoms with E-state index in [2.05, 4.69) is 44.7 Å². The van der Waals surface area contributed by atoms with Crippen molar-refractivity contribution < 1.29 is 0 Å². The van der Waals surface area contributed by atoms with Gasteiger partial charge in [0.05, 0.1) is 5.69 Å². The van der Waals surface area contributed by atoms with Gasteiger partial charge in [-0.1, -0.05) is 6.07 Å². The third-order valence-electron chi connectivity index (χ3n) is 5.40. The van der Waals surface area contributed by atoms with Gasteiger partial charge in [0.15, 0.2) is 0 Å². The molecule has 0 saturated heterocycles. The van der Waals surface area contributed by atoms with Crippen LogP contribution in [0.4, 0.5) is 5.82 Å². The topological polar surface area (TPSA) is 43.1 Å². The van der Waals surface area contributed by atoms with Gasteiger partial charge in [-0.3, -0.25) is 8.77 Å². The minimum atomic E-state index is 0.0263. The molecule has 0 amide bonds. The van der Waals surface area contributed by atoms with Gasteiger partial charge in [0.2, 0.25) is 0 Å². The van der Waals surface area contributed by atoms with Gasteiger partial charge in [0, 0.05) is 73.0 Å². The first-order chi connectivity index (χ1) is 13.6. The van der Waals surface area contributed by atoms with E-state index in [0.717, 1.165) is 33.2 Å². The average Bonchev–Trinajstić information content (AvgIpc) is 3.63.